The first-order chi connectivity index (χ1) is 7.67. The van der Waals surface area contributed by atoms with E-state index in [2.05, 4.69) is 6.92 Å². The average Bonchev–Trinajstić information content (AvgIpc) is 2.27. The Morgan fingerprint density at radius 1 is 1.31 bits per heavy atom. The maximum atomic E-state index is 10.5. The van der Waals surface area contributed by atoms with Crippen LogP contribution in [0.1, 0.15) is 31.4 Å². The standard InChI is InChI=1S/C13H18O3/c1-3-10-9-12(16-4-2)7-5-11(10)6-8-13(14)15/h5,7,9H,3-4,6,8H2,1-2H3,(H,14,15). The Bertz CT molecular complexity index is 358. The molecular formula is C13H18O3. The molecule has 0 fully saturated rings. The molecule has 1 aromatic carbocycles. The SMILES string of the molecule is CCOc1ccc(CCC(=O)O)c(CC)c1. The molecule has 1 N–H and O–H groups in total. The first-order valence-electron chi connectivity index (χ1n) is 5.63. The lowest BCUT2D eigenvalue weighted by Gasteiger charge is -2.10. The highest BCUT2D eigenvalue weighted by Crippen LogP contribution is 2.19. The summed E-state index contributed by atoms with van der Waals surface area (Å²) in [5.41, 5.74) is 2.28. The van der Waals surface area contributed by atoms with Crippen LogP contribution in [0.2, 0.25) is 0 Å². The van der Waals surface area contributed by atoms with E-state index in [1.165, 1.54) is 5.56 Å². The van der Waals surface area contributed by atoms with E-state index in [0.717, 1.165) is 17.7 Å². The Morgan fingerprint density at radius 3 is 2.62 bits per heavy atom. The second-order valence-electron chi connectivity index (χ2n) is 3.61. The van der Waals surface area contributed by atoms with Gasteiger partial charge < -0.3 is 9.84 Å². The monoisotopic (exact) mass is 222 g/mol. The highest BCUT2D eigenvalue weighted by atomic mass is 16.5. The zero-order chi connectivity index (χ0) is 12.0. The van der Waals surface area contributed by atoms with Crippen LogP contribution in [0.5, 0.6) is 5.75 Å². The predicted octanol–water partition coefficient (Wildman–Crippen LogP) is 2.66. The molecule has 16 heavy (non-hydrogen) atoms. The summed E-state index contributed by atoms with van der Waals surface area (Å²) >= 11 is 0. The Balaban J connectivity index is 2.80. The van der Waals surface area contributed by atoms with Crippen LogP contribution in [0.4, 0.5) is 0 Å². The van der Waals surface area contributed by atoms with Gasteiger partial charge in [0.15, 0.2) is 0 Å². The second-order valence-corrected chi connectivity index (χ2v) is 3.61. The van der Waals surface area contributed by atoms with Gasteiger partial charge in [-0.1, -0.05) is 13.0 Å². The Labute approximate surface area is 96.1 Å². The summed E-state index contributed by atoms with van der Waals surface area (Å²) < 4.78 is 5.41. The number of benzene rings is 1. The van der Waals surface area contributed by atoms with Gasteiger partial charge in [0.1, 0.15) is 5.75 Å². The number of carbonyl (C=O) groups is 1. The highest BCUT2D eigenvalue weighted by Gasteiger charge is 2.05. The van der Waals surface area contributed by atoms with Gasteiger partial charge >= 0.3 is 5.97 Å². The molecule has 0 aliphatic heterocycles. The van der Waals surface area contributed by atoms with Gasteiger partial charge in [0, 0.05) is 6.42 Å². The summed E-state index contributed by atoms with van der Waals surface area (Å²) in [4.78, 5) is 10.5. The van der Waals surface area contributed by atoms with Crippen LogP contribution in [0.25, 0.3) is 0 Å². The van der Waals surface area contributed by atoms with E-state index in [1.54, 1.807) is 0 Å². The Morgan fingerprint density at radius 2 is 2.06 bits per heavy atom. The van der Waals surface area contributed by atoms with Gasteiger partial charge in [-0.3, -0.25) is 4.79 Å². The van der Waals surface area contributed by atoms with Crippen LogP contribution in [-0.4, -0.2) is 17.7 Å². The third-order valence-corrected chi connectivity index (χ3v) is 2.48. The van der Waals surface area contributed by atoms with Crippen LogP contribution in [0.3, 0.4) is 0 Å². The largest absolute Gasteiger partial charge is 0.494 e. The van der Waals surface area contributed by atoms with Crippen LogP contribution in [0, 0.1) is 0 Å². The van der Waals surface area contributed by atoms with Crippen molar-refractivity contribution in [1.29, 1.82) is 0 Å². The molecule has 88 valence electrons. The van der Waals surface area contributed by atoms with Crippen molar-refractivity contribution in [2.24, 2.45) is 0 Å². The topological polar surface area (TPSA) is 46.5 Å². The van der Waals surface area contributed by atoms with Gasteiger partial charge in [-0.2, -0.15) is 0 Å². The number of ether oxygens (including phenoxy) is 1. The van der Waals surface area contributed by atoms with Gasteiger partial charge in [0.25, 0.3) is 0 Å². The zero-order valence-corrected chi connectivity index (χ0v) is 9.82. The quantitative estimate of drug-likeness (QED) is 0.804. The second kappa shape index (κ2) is 6.16. The van der Waals surface area contributed by atoms with Gasteiger partial charge in [0.05, 0.1) is 6.61 Å². The predicted molar refractivity (Wildman–Crippen MR) is 62.9 cm³/mol. The summed E-state index contributed by atoms with van der Waals surface area (Å²) in [6, 6.07) is 5.87. The fraction of sp³-hybridized carbons (Fsp3) is 0.462. The lowest BCUT2D eigenvalue weighted by atomic mass is 10.0. The first-order valence-corrected chi connectivity index (χ1v) is 5.63. The summed E-state index contributed by atoms with van der Waals surface area (Å²) in [7, 11) is 0. The number of aliphatic carboxylic acids is 1. The van der Waals surface area contributed by atoms with Crippen molar-refractivity contribution in [2.45, 2.75) is 33.1 Å². The molecule has 0 unspecified atom stereocenters. The molecule has 0 aliphatic carbocycles. The van der Waals surface area contributed by atoms with Crippen molar-refractivity contribution in [1.82, 2.24) is 0 Å². The van der Waals surface area contributed by atoms with Crippen LogP contribution >= 0.6 is 0 Å². The summed E-state index contributed by atoms with van der Waals surface area (Å²) in [5, 5.41) is 8.65. The maximum absolute atomic E-state index is 10.5. The molecule has 0 atom stereocenters. The molecule has 0 heterocycles. The molecule has 0 amide bonds. The van der Waals surface area contributed by atoms with Crippen molar-refractivity contribution < 1.29 is 14.6 Å². The van der Waals surface area contributed by atoms with Crippen molar-refractivity contribution in [3.05, 3.63) is 29.3 Å². The minimum atomic E-state index is -0.754. The third-order valence-electron chi connectivity index (χ3n) is 2.48. The van der Waals surface area contributed by atoms with Crippen molar-refractivity contribution in [3.63, 3.8) is 0 Å². The van der Waals surface area contributed by atoms with E-state index in [9.17, 15) is 4.79 Å². The van der Waals surface area contributed by atoms with Gasteiger partial charge in [-0.15, -0.1) is 0 Å². The lowest BCUT2D eigenvalue weighted by Crippen LogP contribution is -2.01. The average molecular weight is 222 g/mol. The number of carboxylic acids is 1. The normalized spacial score (nSPS) is 10.1. The molecule has 3 nitrogen and oxygen atoms in total. The van der Waals surface area contributed by atoms with E-state index < -0.39 is 5.97 Å². The summed E-state index contributed by atoms with van der Waals surface area (Å²) in [6.07, 6.45) is 1.67. The Hall–Kier alpha value is -1.51. The van der Waals surface area contributed by atoms with Crippen LogP contribution < -0.4 is 4.74 Å². The maximum Gasteiger partial charge on any atom is 0.303 e. The minimum Gasteiger partial charge on any atom is -0.494 e. The number of carboxylic acid groups (broad SMARTS) is 1. The van der Waals surface area contributed by atoms with E-state index in [-0.39, 0.29) is 6.42 Å². The first kappa shape index (κ1) is 12.6. The zero-order valence-electron chi connectivity index (χ0n) is 9.82. The molecule has 0 aliphatic rings. The third kappa shape index (κ3) is 3.57. The molecule has 0 saturated heterocycles. The van der Waals surface area contributed by atoms with Crippen molar-refractivity contribution >= 4 is 5.97 Å². The van der Waals surface area contributed by atoms with E-state index in [0.29, 0.717) is 13.0 Å². The molecule has 0 spiro atoms. The number of hydrogen-bond acceptors (Lipinski definition) is 2. The van der Waals surface area contributed by atoms with Crippen molar-refractivity contribution in [3.8, 4) is 5.75 Å². The van der Waals surface area contributed by atoms with Gasteiger partial charge in [0.2, 0.25) is 0 Å². The lowest BCUT2D eigenvalue weighted by molar-refractivity contribution is -0.136. The fourth-order valence-electron chi connectivity index (χ4n) is 1.67. The van der Waals surface area contributed by atoms with Crippen LogP contribution in [0.15, 0.2) is 18.2 Å². The molecule has 3 heteroatoms. The smallest absolute Gasteiger partial charge is 0.303 e. The fourth-order valence-corrected chi connectivity index (χ4v) is 1.67. The van der Waals surface area contributed by atoms with Crippen molar-refractivity contribution in [2.75, 3.05) is 6.61 Å². The van der Waals surface area contributed by atoms with Gasteiger partial charge in [-0.05, 0) is 43.0 Å². The molecule has 0 aromatic heterocycles. The van der Waals surface area contributed by atoms with E-state index in [4.69, 9.17) is 9.84 Å². The molecule has 1 aromatic rings. The summed E-state index contributed by atoms with van der Waals surface area (Å²) in [5.74, 6) is 0.106. The Kier molecular flexibility index (Phi) is 4.83. The molecule has 1 rings (SSSR count). The van der Waals surface area contributed by atoms with E-state index in [1.807, 2.05) is 25.1 Å². The molecular weight excluding hydrogens is 204 g/mol. The van der Waals surface area contributed by atoms with Crippen LogP contribution in [-0.2, 0) is 17.6 Å². The van der Waals surface area contributed by atoms with E-state index >= 15 is 0 Å². The highest BCUT2D eigenvalue weighted by molar-refractivity contribution is 5.67. The number of rotatable bonds is 6. The summed E-state index contributed by atoms with van der Waals surface area (Å²) in [6.45, 7) is 4.66. The minimum absolute atomic E-state index is 0.182. The number of hydrogen-bond donors (Lipinski definition) is 1. The molecule has 0 saturated carbocycles. The van der Waals surface area contributed by atoms with Gasteiger partial charge in [-0.25, -0.2) is 0 Å². The molecule has 0 bridgehead atoms. The number of aryl methyl sites for hydroxylation is 2. The molecule has 0 radical (unpaired) electrons.